The number of anilines is 2. The first-order chi connectivity index (χ1) is 20.9. The van der Waals surface area contributed by atoms with Gasteiger partial charge in [-0.15, -0.1) is 0 Å². The Hall–Kier alpha value is -4.31. The average Bonchev–Trinajstić information content (AvgIpc) is 3.76. The minimum absolute atomic E-state index is 0.0262. The van der Waals surface area contributed by atoms with Crippen LogP contribution in [0.25, 0.3) is 27.3 Å². The fourth-order valence-electron chi connectivity index (χ4n) is 5.22. The van der Waals surface area contributed by atoms with Crippen molar-refractivity contribution in [3.63, 3.8) is 0 Å². The molecular formula is C28H32FN9O4S. The van der Waals surface area contributed by atoms with Gasteiger partial charge in [-0.05, 0) is 36.4 Å². The maximum absolute atomic E-state index is 15.0. The number of aliphatic hydroxyl groups excluding tert-OH is 1. The molecule has 43 heavy (non-hydrogen) atoms. The molecule has 1 aliphatic heterocycles. The molecule has 1 aliphatic rings. The van der Waals surface area contributed by atoms with Crippen LogP contribution in [-0.2, 0) is 6.54 Å². The summed E-state index contributed by atoms with van der Waals surface area (Å²) in [6.07, 6.45) is 1.57. The van der Waals surface area contributed by atoms with Gasteiger partial charge in [0.05, 0.1) is 24.1 Å². The van der Waals surface area contributed by atoms with Gasteiger partial charge in [-0.25, -0.2) is 4.39 Å². The molecule has 1 saturated heterocycles. The van der Waals surface area contributed by atoms with Gasteiger partial charge in [-0.1, -0.05) is 11.3 Å². The zero-order valence-electron chi connectivity index (χ0n) is 23.3. The second kappa shape index (κ2) is 12.5. The Labute approximate surface area is 249 Å². The van der Waals surface area contributed by atoms with Crippen molar-refractivity contribution in [3.05, 3.63) is 63.7 Å². The van der Waals surface area contributed by atoms with E-state index >= 15 is 0 Å². The van der Waals surface area contributed by atoms with Crippen molar-refractivity contribution in [2.75, 3.05) is 69.6 Å². The molecule has 0 aliphatic carbocycles. The van der Waals surface area contributed by atoms with Crippen LogP contribution in [0.15, 0.2) is 51.9 Å². The van der Waals surface area contributed by atoms with Gasteiger partial charge in [0.2, 0.25) is 5.95 Å². The number of piperazine rings is 1. The van der Waals surface area contributed by atoms with Crippen LogP contribution in [-0.4, -0.2) is 94.0 Å². The molecule has 1 aromatic carbocycles. The van der Waals surface area contributed by atoms with Crippen LogP contribution in [0.1, 0.15) is 10.4 Å². The summed E-state index contributed by atoms with van der Waals surface area (Å²) in [7, 11) is 0. The second-order valence-electron chi connectivity index (χ2n) is 10.2. The summed E-state index contributed by atoms with van der Waals surface area (Å²) in [5.74, 6) is -0.00939. The standard InChI is InChI=1S/C28H32FN9O4S/c29-19-16-18(26(40)32-6-5-31-7-14-39)3-4-21(19)36-11-8-35(9-12-36)10-13-37-25-24(43-28(37)41)22-17-20(23-2-1-15-42-23)34-38(22)27(30)33-25/h1-4,15-17,31,39H,5-14H2,(H2,30,33)(H,32,40). The minimum Gasteiger partial charge on any atom is -0.463 e. The number of aliphatic hydroxyl groups is 1. The number of aromatic nitrogens is 4. The molecular weight excluding hydrogens is 577 g/mol. The number of carbonyl (C=O) groups is 1. The molecule has 1 amide bonds. The van der Waals surface area contributed by atoms with Crippen molar-refractivity contribution in [1.29, 1.82) is 0 Å². The summed E-state index contributed by atoms with van der Waals surface area (Å²) < 4.78 is 24.3. The molecule has 5 aromatic rings. The van der Waals surface area contributed by atoms with E-state index in [1.165, 1.54) is 10.6 Å². The first-order valence-electron chi connectivity index (χ1n) is 14.0. The highest BCUT2D eigenvalue weighted by Crippen LogP contribution is 2.28. The first-order valence-corrected chi connectivity index (χ1v) is 14.8. The van der Waals surface area contributed by atoms with Crippen LogP contribution < -0.4 is 26.1 Å². The van der Waals surface area contributed by atoms with Gasteiger partial charge in [0.1, 0.15) is 16.2 Å². The van der Waals surface area contributed by atoms with Crippen LogP contribution in [0, 0.1) is 5.82 Å². The lowest BCUT2D eigenvalue weighted by Crippen LogP contribution is -2.47. The summed E-state index contributed by atoms with van der Waals surface area (Å²) >= 11 is 1.11. The van der Waals surface area contributed by atoms with Crippen molar-refractivity contribution < 1.29 is 18.7 Å². The summed E-state index contributed by atoms with van der Waals surface area (Å²) in [5, 5.41) is 19.0. The lowest BCUT2D eigenvalue weighted by atomic mass is 10.1. The Balaban J connectivity index is 1.07. The van der Waals surface area contributed by atoms with Crippen LogP contribution in [0.3, 0.4) is 0 Å². The van der Waals surface area contributed by atoms with Crippen molar-refractivity contribution in [1.82, 2.24) is 34.7 Å². The summed E-state index contributed by atoms with van der Waals surface area (Å²) in [6.45, 7) is 5.02. The van der Waals surface area contributed by atoms with Gasteiger partial charge in [-0.3, -0.25) is 19.1 Å². The Bertz CT molecular complexity index is 1790. The number of amides is 1. The number of furan rings is 1. The Morgan fingerprint density at radius 3 is 2.70 bits per heavy atom. The lowest BCUT2D eigenvalue weighted by Gasteiger charge is -2.36. The largest absolute Gasteiger partial charge is 0.463 e. The van der Waals surface area contributed by atoms with Gasteiger partial charge in [0.15, 0.2) is 11.4 Å². The summed E-state index contributed by atoms with van der Waals surface area (Å²) in [6, 6.07) is 9.97. The van der Waals surface area contributed by atoms with E-state index < -0.39 is 5.82 Å². The van der Waals surface area contributed by atoms with Crippen LogP contribution in [0.2, 0.25) is 0 Å². The molecule has 5 heterocycles. The Morgan fingerprint density at radius 1 is 1.12 bits per heavy atom. The molecule has 6 rings (SSSR count). The maximum Gasteiger partial charge on any atom is 0.309 e. The fourth-order valence-corrected chi connectivity index (χ4v) is 6.18. The number of fused-ring (bicyclic) bond motifs is 3. The van der Waals surface area contributed by atoms with Crippen molar-refractivity contribution >= 4 is 44.7 Å². The van der Waals surface area contributed by atoms with E-state index in [2.05, 4.69) is 25.6 Å². The number of rotatable bonds is 11. The maximum atomic E-state index is 15.0. The van der Waals surface area contributed by atoms with E-state index in [-0.39, 0.29) is 28.9 Å². The van der Waals surface area contributed by atoms with Gasteiger partial charge in [0.25, 0.3) is 5.91 Å². The number of carbonyl (C=O) groups excluding carboxylic acids is 1. The molecule has 0 unspecified atom stereocenters. The first kappa shape index (κ1) is 28.8. The van der Waals surface area contributed by atoms with Crippen molar-refractivity contribution in [2.45, 2.75) is 6.54 Å². The highest BCUT2D eigenvalue weighted by atomic mass is 32.1. The third-order valence-corrected chi connectivity index (χ3v) is 8.45. The molecule has 0 spiro atoms. The molecule has 0 saturated carbocycles. The second-order valence-corrected chi connectivity index (χ2v) is 11.1. The van der Waals surface area contributed by atoms with Gasteiger partial charge >= 0.3 is 4.87 Å². The number of benzene rings is 1. The predicted octanol–water partition coefficient (Wildman–Crippen LogP) is 1.22. The Morgan fingerprint density at radius 2 is 1.95 bits per heavy atom. The van der Waals surface area contributed by atoms with Gasteiger partial charge < -0.3 is 30.8 Å². The van der Waals surface area contributed by atoms with E-state index in [0.29, 0.717) is 91.9 Å². The highest BCUT2D eigenvalue weighted by Gasteiger charge is 2.22. The monoisotopic (exact) mass is 609 g/mol. The molecule has 4 aromatic heterocycles. The number of hydrogen-bond acceptors (Lipinski definition) is 11. The van der Waals surface area contributed by atoms with E-state index in [1.54, 1.807) is 35.1 Å². The molecule has 5 N–H and O–H groups in total. The molecule has 1 fully saturated rings. The zero-order valence-corrected chi connectivity index (χ0v) is 24.1. The number of nitrogens with two attached hydrogens (primary N) is 1. The topological polar surface area (TPSA) is 159 Å². The summed E-state index contributed by atoms with van der Waals surface area (Å²) in [5.41, 5.74) is 8.77. The molecule has 13 nitrogen and oxygen atoms in total. The molecule has 0 bridgehead atoms. The average molecular weight is 610 g/mol. The number of halogens is 1. The third-order valence-electron chi connectivity index (χ3n) is 7.46. The van der Waals surface area contributed by atoms with E-state index in [4.69, 9.17) is 15.3 Å². The number of nitrogen functional groups attached to an aromatic ring is 1. The lowest BCUT2D eigenvalue weighted by molar-refractivity contribution is 0.0953. The minimum atomic E-state index is -0.444. The number of nitrogens with zero attached hydrogens (tertiary/aromatic N) is 6. The third kappa shape index (κ3) is 5.97. The summed E-state index contributed by atoms with van der Waals surface area (Å²) in [4.78, 5) is 33.9. The normalized spacial score (nSPS) is 14.2. The van der Waals surface area contributed by atoms with Crippen molar-refractivity contribution in [2.24, 2.45) is 0 Å². The van der Waals surface area contributed by atoms with Gasteiger partial charge in [-0.2, -0.15) is 14.6 Å². The quantitative estimate of drug-likeness (QED) is 0.160. The smallest absolute Gasteiger partial charge is 0.309 e. The van der Waals surface area contributed by atoms with E-state index in [0.717, 1.165) is 11.3 Å². The SMILES string of the molecule is Nc1nc2c(sc(=O)n2CCN2CCN(c3ccc(C(=O)NCCNCCO)cc3F)CC2)c2cc(-c3ccco3)nn12. The Kier molecular flexibility index (Phi) is 8.38. The van der Waals surface area contributed by atoms with E-state index in [9.17, 15) is 14.0 Å². The molecule has 0 radical (unpaired) electrons. The van der Waals surface area contributed by atoms with Crippen LogP contribution in [0.4, 0.5) is 16.0 Å². The van der Waals surface area contributed by atoms with E-state index in [1.807, 2.05) is 11.0 Å². The van der Waals surface area contributed by atoms with Crippen LogP contribution in [0.5, 0.6) is 0 Å². The molecule has 0 atom stereocenters. The fraction of sp³-hybridized carbons (Fsp3) is 0.357. The van der Waals surface area contributed by atoms with Crippen LogP contribution >= 0.6 is 11.3 Å². The predicted molar refractivity (Wildman–Crippen MR) is 162 cm³/mol. The number of thiazole rings is 1. The molecule has 226 valence electrons. The number of hydrogen-bond donors (Lipinski definition) is 4. The zero-order chi connectivity index (χ0) is 29.9. The number of nitrogens with one attached hydrogen (secondary N) is 2. The molecule has 15 heteroatoms. The van der Waals surface area contributed by atoms with Gasteiger partial charge in [0, 0.05) is 64.5 Å². The highest BCUT2D eigenvalue weighted by molar-refractivity contribution is 7.17. The van der Waals surface area contributed by atoms with Crippen molar-refractivity contribution in [3.8, 4) is 11.5 Å².